The van der Waals surface area contributed by atoms with Gasteiger partial charge in [-0.2, -0.15) is 0 Å². The zero-order valence-corrected chi connectivity index (χ0v) is 13.7. The zero-order chi connectivity index (χ0) is 14.9. The van der Waals surface area contributed by atoms with Gasteiger partial charge in [0.25, 0.3) is 0 Å². The Kier molecular flexibility index (Phi) is 8.01. The fraction of sp³-hybridized carbons (Fsp3) is 1.00. The first kappa shape index (κ1) is 17.2. The van der Waals surface area contributed by atoms with Gasteiger partial charge in [0.15, 0.2) is 0 Å². The molecule has 2 N–H and O–H groups in total. The quantitative estimate of drug-likeness (QED) is 0.639. The van der Waals surface area contributed by atoms with Crippen LogP contribution in [0.5, 0.6) is 0 Å². The van der Waals surface area contributed by atoms with E-state index >= 15 is 0 Å². The summed E-state index contributed by atoms with van der Waals surface area (Å²) < 4.78 is 5.90. The molecule has 0 aromatic rings. The lowest BCUT2D eigenvalue weighted by Gasteiger charge is -2.29. The van der Waals surface area contributed by atoms with Crippen LogP contribution in [0.2, 0.25) is 0 Å². The minimum atomic E-state index is -0.370. The second kappa shape index (κ2) is 9.78. The summed E-state index contributed by atoms with van der Waals surface area (Å²) in [7, 11) is 0. The van der Waals surface area contributed by atoms with Crippen LogP contribution in [0.15, 0.2) is 0 Å². The second-order valence-corrected chi connectivity index (χ2v) is 6.89. The average Bonchev–Trinajstić information content (AvgIpc) is 2.99. The molecule has 1 heterocycles. The fourth-order valence-electron chi connectivity index (χ4n) is 3.53. The fourth-order valence-corrected chi connectivity index (χ4v) is 3.53. The number of nitrogens with one attached hydrogen (secondary N) is 1. The number of aliphatic hydroxyl groups excluding tert-OH is 1. The number of hydrogen-bond acceptors (Lipinski definition) is 4. The third-order valence-corrected chi connectivity index (χ3v) is 4.94. The Morgan fingerprint density at radius 3 is 2.71 bits per heavy atom. The summed E-state index contributed by atoms with van der Waals surface area (Å²) in [6, 6.07) is 0. The SMILES string of the molecule is CC1CCCCC1OCC(O)CNCCCN1CCCC1. The van der Waals surface area contributed by atoms with Crippen LogP contribution in [0.3, 0.4) is 0 Å². The van der Waals surface area contributed by atoms with Crippen LogP contribution < -0.4 is 5.32 Å². The molecule has 0 bridgehead atoms. The van der Waals surface area contributed by atoms with Gasteiger partial charge in [-0.3, -0.25) is 0 Å². The van der Waals surface area contributed by atoms with E-state index in [1.807, 2.05) is 0 Å². The maximum atomic E-state index is 9.98. The summed E-state index contributed by atoms with van der Waals surface area (Å²) in [5, 5.41) is 13.3. The average molecular weight is 298 g/mol. The highest BCUT2D eigenvalue weighted by Crippen LogP contribution is 2.26. The van der Waals surface area contributed by atoms with Gasteiger partial charge in [0, 0.05) is 6.54 Å². The summed E-state index contributed by atoms with van der Waals surface area (Å²) in [6.45, 7) is 8.14. The van der Waals surface area contributed by atoms with E-state index in [1.54, 1.807) is 0 Å². The van der Waals surface area contributed by atoms with Crippen molar-refractivity contribution in [3.8, 4) is 0 Å². The van der Waals surface area contributed by atoms with Crippen LogP contribution in [0.25, 0.3) is 0 Å². The minimum absolute atomic E-state index is 0.364. The summed E-state index contributed by atoms with van der Waals surface area (Å²) in [4.78, 5) is 2.53. The molecule has 21 heavy (non-hydrogen) atoms. The molecule has 1 saturated heterocycles. The normalized spacial score (nSPS) is 28.9. The van der Waals surface area contributed by atoms with Crippen molar-refractivity contribution in [2.75, 3.05) is 39.3 Å². The first-order valence-corrected chi connectivity index (χ1v) is 8.98. The molecule has 4 nitrogen and oxygen atoms in total. The highest BCUT2D eigenvalue weighted by molar-refractivity contribution is 4.73. The number of nitrogens with zero attached hydrogens (tertiary/aromatic N) is 1. The Morgan fingerprint density at radius 2 is 1.95 bits per heavy atom. The predicted molar refractivity (Wildman–Crippen MR) is 86.5 cm³/mol. The summed E-state index contributed by atoms with van der Waals surface area (Å²) in [5.74, 6) is 0.652. The summed E-state index contributed by atoms with van der Waals surface area (Å²) in [6.07, 6.45) is 8.95. The summed E-state index contributed by atoms with van der Waals surface area (Å²) in [5.41, 5.74) is 0. The standard InChI is InChI=1S/C17H34N2O2/c1-15-7-2-3-8-17(15)21-14-16(20)13-18-9-6-12-19-10-4-5-11-19/h15-18,20H,2-14H2,1H3. The van der Waals surface area contributed by atoms with Crippen molar-refractivity contribution in [1.29, 1.82) is 0 Å². The second-order valence-electron chi connectivity index (χ2n) is 6.89. The lowest BCUT2D eigenvalue weighted by Crippen LogP contribution is -2.35. The molecule has 0 amide bonds. The zero-order valence-electron chi connectivity index (χ0n) is 13.7. The molecule has 1 aliphatic heterocycles. The molecule has 0 aromatic heterocycles. The monoisotopic (exact) mass is 298 g/mol. The van der Waals surface area contributed by atoms with Gasteiger partial charge in [-0.15, -0.1) is 0 Å². The van der Waals surface area contributed by atoms with Crippen LogP contribution in [0, 0.1) is 5.92 Å². The van der Waals surface area contributed by atoms with E-state index in [1.165, 1.54) is 58.2 Å². The van der Waals surface area contributed by atoms with E-state index in [4.69, 9.17) is 4.74 Å². The van der Waals surface area contributed by atoms with Gasteiger partial charge < -0.3 is 20.1 Å². The first-order chi connectivity index (χ1) is 10.3. The van der Waals surface area contributed by atoms with Gasteiger partial charge in [0.1, 0.15) is 0 Å². The van der Waals surface area contributed by atoms with E-state index in [0.29, 0.717) is 25.2 Å². The van der Waals surface area contributed by atoms with Gasteiger partial charge in [0.2, 0.25) is 0 Å². The Balaban J connectivity index is 1.44. The van der Waals surface area contributed by atoms with Crippen molar-refractivity contribution < 1.29 is 9.84 Å². The number of likely N-dealkylation sites (tertiary alicyclic amines) is 1. The lowest BCUT2D eigenvalue weighted by atomic mass is 9.88. The molecule has 2 aliphatic rings. The van der Waals surface area contributed by atoms with Crippen LogP contribution in [0.4, 0.5) is 0 Å². The minimum Gasteiger partial charge on any atom is -0.389 e. The molecule has 0 aromatic carbocycles. The molecule has 1 saturated carbocycles. The van der Waals surface area contributed by atoms with E-state index in [2.05, 4.69) is 17.1 Å². The molecular formula is C17H34N2O2. The van der Waals surface area contributed by atoms with Crippen LogP contribution in [-0.4, -0.2) is 61.5 Å². The van der Waals surface area contributed by atoms with Crippen LogP contribution in [0.1, 0.15) is 51.9 Å². The third kappa shape index (κ3) is 6.64. The molecular weight excluding hydrogens is 264 g/mol. The molecule has 3 atom stereocenters. The topological polar surface area (TPSA) is 44.7 Å². The first-order valence-electron chi connectivity index (χ1n) is 8.98. The molecule has 2 fully saturated rings. The molecule has 3 unspecified atom stereocenters. The van der Waals surface area contributed by atoms with Gasteiger partial charge in [-0.25, -0.2) is 0 Å². The Morgan fingerprint density at radius 1 is 1.19 bits per heavy atom. The van der Waals surface area contributed by atoms with Crippen molar-refractivity contribution >= 4 is 0 Å². The van der Waals surface area contributed by atoms with Gasteiger partial charge in [-0.05, 0) is 64.2 Å². The maximum Gasteiger partial charge on any atom is 0.0897 e. The maximum absolute atomic E-state index is 9.98. The van der Waals surface area contributed by atoms with Crippen molar-refractivity contribution in [3.05, 3.63) is 0 Å². The highest BCUT2D eigenvalue weighted by Gasteiger charge is 2.22. The highest BCUT2D eigenvalue weighted by atomic mass is 16.5. The largest absolute Gasteiger partial charge is 0.389 e. The number of rotatable bonds is 9. The van der Waals surface area contributed by atoms with E-state index < -0.39 is 0 Å². The van der Waals surface area contributed by atoms with E-state index in [9.17, 15) is 5.11 Å². The van der Waals surface area contributed by atoms with Crippen LogP contribution >= 0.6 is 0 Å². The van der Waals surface area contributed by atoms with Gasteiger partial charge >= 0.3 is 0 Å². The van der Waals surface area contributed by atoms with Gasteiger partial charge in [-0.1, -0.05) is 19.8 Å². The molecule has 0 radical (unpaired) electrons. The molecule has 1 aliphatic carbocycles. The summed E-state index contributed by atoms with van der Waals surface area (Å²) >= 11 is 0. The molecule has 0 spiro atoms. The van der Waals surface area contributed by atoms with Gasteiger partial charge in [0.05, 0.1) is 18.8 Å². The van der Waals surface area contributed by atoms with Crippen molar-refractivity contribution in [2.24, 2.45) is 5.92 Å². The lowest BCUT2D eigenvalue weighted by molar-refractivity contribution is -0.0451. The number of ether oxygens (including phenoxy) is 1. The Hall–Kier alpha value is -0.160. The molecule has 124 valence electrons. The van der Waals surface area contributed by atoms with Crippen molar-refractivity contribution in [2.45, 2.75) is 64.1 Å². The predicted octanol–water partition coefficient (Wildman–Crippen LogP) is 2.02. The van der Waals surface area contributed by atoms with E-state index in [0.717, 1.165) is 13.0 Å². The smallest absolute Gasteiger partial charge is 0.0897 e. The molecule has 4 heteroatoms. The molecule has 2 rings (SSSR count). The van der Waals surface area contributed by atoms with E-state index in [-0.39, 0.29) is 6.10 Å². The van der Waals surface area contributed by atoms with Crippen molar-refractivity contribution in [1.82, 2.24) is 10.2 Å². The third-order valence-electron chi connectivity index (χ3n) is 4.94. The van der Waals surface area contributed by atoms with Crippen molar-refractivity contribution in [3.63, 3.8) is 0 Å². The number of aliphatic hydroxyl groups is 1. The van der Waals surface area contributed by atoms with Crippen LogP contribution in [-0.2, 0) is 4.74 Å². The Bertz CT molecular complexity index is 270. The Labute approximate surface area is 130 Å². The number of hydrogen-bond donors (Lipinski definition) is 2.